The third kappa shape index (κ3) is 2.27. The summed E-state index contributed by atoms with van der Waals surface area (Å²) in [4.78, 5) is 25.2. The van der Waals surface area contributed by atoms with Crippen LogP contribution in [0.5, 0.6) is 0 Å². The molecule has 0 amide bonds. The van der Waals surface area contributed by atoms with Crippen molar-refractivity contribution in [2.75, 3.05) is 0 Å². The van der Waals surface area contributed by atoms with E-state index in [1.54, 1.807) is 0 Å². The SMILES string of the molecule is CC[C@@]1(C(C)C)O[C@@H](n2ccc(=O)[nH]c2=O)C[C@@H]1C. The molecule has 106 valence electrons. The van der Waals surface area contributed by atoms with Gasteiger partial charge in [0.1, 0.15) is 6.23 Å². The summed E-state index contributed by atoms with van der Waals surface area (Å²) in [5, 5.41) is 0. The number of hydrogen-bond donors (Lipinski definition) is 1. The Balaban J connectivity index is 2.35. The Morgan fingerprint density at radius 2 is 2.21 bits per heavy atom. The van der Waals surface area contributed by atoms with Gasteiger partial charge in [-0.05, 0) is 24.7 Å². The number of nitrogens with one attached hydrogen (secondary N) is 1. The molecule has 1 fully saturated rings. The summed E-state index contributed by atoms with van der Waals surface area (Å²) in [6, 6.07) is 1.36. The van der Waals surface area contributed by atoms with Gasteiger partial charge in [0.15, 0.2) is 0 Å². The fourth-order valence-corrected chi connectivity index (χ4v) is 3.29. The molecule has 0 bridgehead atoms. The smallest absolute Gasteiger partial charge is 0.330 e. The van der Waals surface area contributed by atoms with Crippen molar-refractivity contribution in [2.45, 2.75) is 52.4 Å². The first-order valence-corrected chi connectivity index (χ1v) is 6.90. The van der Waals surface area contributed by atoms with E-state index in [1.807, 2.05) is 0 Å². The van der Waals surface area contributed by atoms with Crippen LogP contribution >= 0.6 is 0 Å². The van der Waals surface area contributed by atoms with Crippen LogP contribution < -0.4 is 11.2 Å². The van der Waals surface area contributed by atoms with E-state index >= 15 is 0 Å². The molecule has 1 aromatic heterocycles. The Morgan fingerprint density at radius 1 is 1.53 bits per heavy atom. The van der Waals surface area contributed by atoms with Crippen molar-refractivity contribution in [3.05, 3.63) is 33.1 Å². The van der Waals surface area contributed by atoms with Crippen LogP contribution in [0.3, 0.4) is 0 Å². The zero-order chi connectivity index (χ0) is 14.2. The molecule has 1 aliphatic rings. The fraction of sp³-hybridized carbons (Fsp3) is 0.714. The standard InChI is InChI=1S/C14H22N2O3/c1-5-14(9(2)3)10(4)8-12(19-14)16-7-6-11(17)15-13(16)18/h6-7,9-10,12H,5,8H2,1-4H3,(H,15,17,18)/t10-,12+,14-/m0/s1. The van der Waals surface area contributed by atoms with Crippen LogP contribution in [-0.2, 0) is 4.74 Å². The summed E-state index contributed by atoms with van der Waals surface area (Å²) < 4.78 is 7.70. The third-order valence-corrected chi connectivity index (χ3v) is 4.44. The average molecular weight is 266 g/mol. The lowest BCUT2D eigenvalue weighted by atomic mass is 9.78. The van der Waals surface area contributed by atoms with Crippen molar-refractivity contribution in [1.29, 1.82) is 0 Å². The zero-order valence-corrected chi connectivity index (χ0v) is 12.0. The van der Waals surface area contributed by atoms with Gasteiger partial charge in [-0.15, -0.1) is 0 Å². The van der Waals surface area contributed by atoms with Gasteiger partial charge in [0.25, 0.3) is 5.56 Å². The van der Waals surface area contributed by atoms with Crippen LogP contribution in [0.25, 0.3) is 0 Å². The van der Waals surface area contributed by atoms with Gasteiger partial charge >= 0.3 is 5.69 Å². The first-order chi connectivity index (χ1) is 8.90. The van der Waals surface area contributed by atoms with E-state index in [2.05, 4.69) is 32.7 Å². The van der Waals surface area contributed by atoms with Crippen LogP contribution in [0.2, 0.25) is 0 Å². The molecule has 0 radical (unpaired) electrons. The summed E-state index contributed by atoms with van der Waals surface area (Å²) >= 11 is 0. The summed E-state index contributed by atoms with van der Waals surface area (Å²) in [6.07, 6.45) is 2.94. The van der Waals surface area contributed by atoms with Gasteiger partial charge in [-0.1, -0.05) is 27.7 Å². The number of ether oxygens (including phenoxy) is 1. The number of nitrogens with zero attached hydrogens (tertiary/aromatic N) is 1. The van der Waals surface area contributed by atoms with E-state index < -0.39 is 5.69 Å². The Bertz CT molecular complexity index is 560. The second-order valence-electron chi connectivity index (χ2n) is 5.69. The van der Waals surface area contributed by atoms with E-state index in [-0.39, 0.29) is 17.4 Å². The molecule has 3 atom stereocenters. The molecule has 1 N–H and O–H groups in total. The molecule has 0 spiro atoms. The molecular formula is C14H22N2O3. The van der Waals surface area contributed by atoms with Crippen LogP contribution in [0.4, 0.5) is 0 Å². The van der Waals surface area contributed by atoms with Gasteiger partial charge in [0.05, 0.1) is 5.60 Å². The molecule has 5 heteroatoms. The van der Waals surface area contributed by atoms with Gasteiger partial charge in [0, 0.05) is 12.3 Å². The van der Waals surface area contributed by atoms with Crippen LogP contribution in [-0.4, -0.2) is 15.2 Å². The molecule has 0 saturated carbocycles. The zero-order valence-electron chi connectivity index (χ0n) is 12.0. The Labute approximate surface area is 112 Å². The van der Waals surface area contributed by atoms with E-state index in [0.717, 1.165) is 12.8 Å². The van der Waals surface area contributed by atoms with Crippen LogP contribution in [0, 0.1) is 11.8 Å². The largest absolute Gasteiger partial charge is 0.351 e. The maximum atomic E-state index is 11.8. The van der Waals surface area contributed by atoms with Gasteiger partial charge < -0.3 is 4.74 Å². The highest BCUT2D eigenvalue weighted by Crippen LogP contribution is 2.46. The lowest BCUT2D eigenvalue weighted by Crippen LogP contribution is -2.40. The predicted octanol–water partition coefficient (Wildman–Crippen LogP) is 1.90. The second kappa shape index (κ2) is 4.96. The van der Waals surface area contributed by atoms with Gasteiger partial charge in [-0.25, -0.2) is 4.79 Å². The van der Waals surface area contributed by atoms with Crippen molar-refractivity contribution in [2.24, 2.45) is 11.8 Å². The highest BCUT2D eigenvalue weighted by atomic mass is 16.5. The van der Waals surface area contributed by atoms with Crippen molar-refractivity contribution in [1.82, 2.24) is 9.55 Å². The molecule has 1 aliphatic heterocycles. The van der Waals surface area contributed by atoms with E-state index in [4.69, 9.17) is 4.74 Å². The summed E-state index contributed by atoms with van der Waals surface area (Å²) in [5.41, 5.74) is -0.974. The summed E-state index contributed by atoms with van der Waals surface area (Å²) in [7, 11) is 0. The van der Waals surface area contributed by atoms with Crippen molar-refractivity contribution < 1.29 is 4.74 Å². The van der Waals surface area contributed by atoms with Crippen LogP contribution in [0.1, 0.15) is 46.8 Å². The molecule has 0 aromatic carbocycles. The van der Waals surface area contributed by atoms with E-state index in [0.29, 0.717) is 11.8 Å². The minimum absolute atomic E-state index is 0.194. The maximum absolute atomic E-state index is 11.8. The number of aromatic nitrogens is 2. The van der Waals surface area contributed by atoms with Crippen molar-refractivity contribution >= 4 is 0 Å². The third-order valence-electron chi connectivity index (χ3n) is 4.44. The number of hydrogen-bond acceptors (Lipinski definition) is 3. The first kappa shape index (κ1) is 14.1. The molecule has 1 aromatic rings. The maximum Gasteiger partial charge on any atom is 0.330 e. The summed E-state index contributed by atoms with van der Waals surface area (Å²) in [6.45, 7) is 8.59. The minimum Gasteiger partial charge on any atom is -0.351 e. The Hall–Kier alpha value is -1.36. The number of aromatic amines is 1. The molecule has 0 unspecified atom stereocenters. The number of rotatable bonds is 3. The van der Waals surface area contributed by atoms with E-state index in [9.17, 15) is 9.59 Å². The average Bonchev–Trinajstić information content (AvgIpc) is 2.67. The number of H-pyrrole nitrogens is 1. The molecule has 19 heavy (non-hydrogen) atoms. The monoisotopic (exact) mass is 266 g/mol. The normalized spacial score (nSPS) is 31.0. The second-order valence-corrected chi connectivity index (χ2v) is 5.69. The summed E-state index contributed by atoms with van der Waals surface area (Å²) in [5.74, 6) is 0.761. The molecule has 5 nitrogen and oxygen atoms in total. The molecule has 2 heterocycles. The minimum atomic E-state index is -0.402. The molecule has 0 aliphatic carbocycles. The van der Waals surface area contributed by atoms with Crippen molar-refractivity contribution in [3.63, 3.8) is 0 Å². The van der Waals surface area contributed by atoms with Gasteiger partial charge in [0.2, 0.25) is 0 Å². The first-order valence-electron chi connectivity index (χ1n) is 6.90. The van der Waals surface area contributed by atoms with E-state index in [1.165, 1.54) is 16.8 Å². The Kier molecular flexibility index (Phi) is 3.67. The van der Waals surface area contributed by atoms with Gasteiger partial charge in [-0.3, -0.25) is 14.3 Å². The quantitative estimate of drug-likeness (QED) is 0.908. The highest BCUT2D eigenvalue weighted by Gasteiger charge is 2.47. The predicted molar refractivity (Wildman–Crippen MR) is 73.1 cm³/mol. The topological polar surface area (TPSA) is 64.1 Å². The molecule has 2 rings (SSSR count). The highest BCUT2D eigenvalue weighted by molar-refractivity contribution is 4.96. The molecular weight excluding hydrogens is 244 g/mol. The Morgan fingerprint density at radius 3 is 2.68 bits per heavy atom. The molecule has 1 saturated heterocycles. The van der Waals surface area contributed by atoms with Crippen molar-refractivity contribution in [3.8, 4) is 0 Å². The van der Waals surface area contributed by atoms with Crippen LogP contribution in [0.15, 0.2) is 21.9 Å². The fourth-order valence-electron chi connectivity index (χ4n) is 3.29. The van der Waals surface area contributed by atoms with Gasteiger partial charge in [-0.2, -0.15) is 0 Å². The lowest BCUT2D eigenvalue weighted by Gasteiger charge is -2.36. The lowest BCUT2D eigenvalue weighted by molar-refractivity contribution is -0.114.